The van der Waals surface area contributed by atoms with Gasteiger partial charge in [-0.25, -0.2) is 0 Å². The van der Waals surface area contributed by atoms with Gasteiger partial charge in [-0.2, -0.15) is 0 Å². The molecule has 88 valence electrons. The number of fused-ring (bicyclic) bond motifs is 1. The van der Waals surface area contributed by atoms with Crippen LogP contribution in [0.1, 0.15) is 17.3 Å². The van der Waals surface area contributed by atoms with E-state index in [1.165, 1.54) is 11.8 Å². The molecule has 1 aliphatic rings. The van der Waals surface area contributed by atoms with Crippen LogP contribution in [0.3, 0.4) is 0 Å². The third kappa shape index (κ3) is 2.42. The number of aldehydes is 1. The third-order valence-corrected chi connectivity index (χ3v) is 3.54. The molecule has 0 atom stereocenters. The maximum absolute atomic E-state index is 11.9. The van der Waals surface area contributed by atoms with Crippen LogP contribution in [0.2, 0.25) is 0 Å². The van der Waals surface area contributed by atoms with Gasteiger partial charge in [-0.05, 0) is 19.1 Å². The largest absolute Gasteiger partial charge is 0.306 e. The summed E-state index contributed by atoms with van der Waals surface area (Å²) < 4.78 is 0. The number of carbonyl (C=O) groups excluding carboxylic acids is 2. The fourth-order valence-corrected chi connectivity index (χ4v) is 2.65. The lowest BCUT2D eigenvalue weighted by Gasteiger charge is -2.29. The van der Waals surface area contributed by atoms with Crippen LogP contribution < -0.4 is 4.90 Å². The standard InChI is InChI=1S/C13H13NO2S/c1-9(2)6-14-11-5-10(7-15)3-4-12(11)17-8-13(14)16/h3-5,7H,1,6,8H2,2H3. The molecule has 1 aromatic rings. The van der Waals surface area contributed by atoms with Crippen molar-refractivity contribution in [3.8, 4) is 0 Å². The predicted octanol–water partition coefficient (Wildman–Crippen LogP) is 2.51. The number of carbonyl (C=O) groups is 2. The highest BCUT2D eigenvalue weighted by atomic mass is 32.2. The maximum atomic E-state index is 11.9. The van der Waals surface area contributed by atoms with Crippen LogP contribution in [0.4, 0.5) is 5.69 Å². The minimum atomic E-state index is 0.0635. The van der Waals surface area contributed by atoms with Gasteiger partial charge in [-0.1, -0.05) is 18.2 Å². The van der Waals surface area contributed by atoms with Crippen molar-refractivity contribution >= 4 is 29.6 Å². The first kappa shape index (κ1) is 11.9. The molecule has 1 amide bonds. The molecule has 0 bridgehead atoms. The monoisotopic (exact) mass is 247 g/mol. The summed E-state index contributed by atoms with van der Waals surface area (Å²) in [4.78, 5) is 25.4. The highest BCUT2D eigenvalue weighted by Gasteiger charge is 2.24. The number of hydrogen-bond acceptors (Lipinski definition) is 3. The van der Waals surface area contributed by atoms with Gasteiger partial charge < -0.3 is 4.90 Å². The normalized spacial score (nSPS) is 14.4. The zero-order valence-electron chi connectivity index (χ0n) is 9.60. The Labute approximate surface area is 104 Å². The van der Waals surface area contributed by atoms with E-state index in [1.54, 1.807) is 17.0 Å². The fraction of sp³-hybridized carbons (Fsp3) is 0.231. The fourth-order valence-electron chi connectivity index (χ4n) is 1.74. The minimum Gasteiger partial charge on any atom is -0.306 e. The maximum Gasteiger partial charge on any atom is 0.237 e. The van der Waals surface area contributed by atoms with Gasteiger partial charge in [0.25, 0.3) is 0 Å². The van der Waals surface area contributed by atoms with Crippen LogP contribution in [0.25, 0.3) is 0 Å². The van der Waals surface area contributed by atoms with Crippen molar-refractivity contribution in [2.45, 2.75) is 11.8 Å². The van der Waals surface area contributed by atoms with Gasteiger partial charge in [0.05, 0.1) is 11.4 Å². The summed E-state index contributed by atoms with van der Waals surface area (Å²) in [6.45, 7) is 6.22. The number of hydrogen-bond donors (Lipinski definition) is 0. The zero-order valence-corrected chi connectivity index (χ0v) is 10.4. The Hall–Kier alpha value is -1.55. The average Bonchev–Trinajstić information content (AvgIpc) is 2.32. The Balaban J connectivity index is 2.44. The van der Waals surface area contributed by atoms with Gasteiger partial charge in [0.2, 0.25) is 5.91 Å². The number of rotatable bonds is 3. The third-order valence-electron chi connectivity index (χ3n) is 2.49. The summed E-state index contributed by atoms with van der Waals surface area (Å²) in [6.07, 6.45) is 0.795. The molecule has 2 rings (SSSR count). The predicted molar refractivity (Wildman–Crippen MR) is 69.7 cm³/mol. The van der Waals surface area contributed by atoms with Gasteiger partial charge in [0, 0.05) is 17.0 Å². The first-order valence-electron chi connectivity index (χ1n) is 5.28. The van der Waals surface area contributed by atoms with Gasteiger partial charge in [0.15, 0.2) is 0 Å². The van der Waals surface area contributed by atoms with Crippen LogP contribution in [0, 0.1) is 0 Å². The Morgan fingerprint density at radius 1 is 1.59 bits per heavy atom. The van der Waals surface area contributed by atoms with E-state index in [4.69, 9.17) is 0 Å². The molecule has 4 heteroatoms. The van der Waals surface area contributed by atoms with Crippen molar-refractivity contribution in [2.24, 2.45) is 0 Å². The quantitative estimate of drug-likeness (QED) is 0.608. The second-order valence-corrected chi connectivity index (χ2v) is 5.09. The topological polar surface area (TPSA) is 37.4 Å². The summed E-state index contributed by atoms with van der Waals surface area (Å²) >= 11 is 1.51. The van der Waals surface area contributed by atoms with Crippen molar-refractivity contribution in [3.63, 3.8) is 0 Å². The molecule has 0 radical (unpaired) electrons. The van der Waals surface area contributed by atoms with E-state index in [0.29, 0.717) is 17.9 Å². The van der Waals surface area contributed by atoms with Crippen LogP contribution in [0.5, 0.6) is 0 Å². The molecule has 0 saturated carbocycles. The summed E-state index contributed by atoms with van der Waals surface area (Å²) in [5.41, 5.74) is 2.33. The van der Waals surface area contributed by atoms with Crippen molar-refractivity contribution in [1.29, 1.82) is 0 Å². The van der Waals surface area contributed by atoms with Crippen LogP contribution >= 0.6 is 11.8 Å². The Morgan fingerprint density at radius 3 is 3.00 bits per heavy atom. The lowest BCUT2D eigenvalue weighted by molar-refractivity contribution is -0.116. The van der Waals surface area contributed by atoms with E-state index < -0.39 is 0 Å². The molecule has 0 fully saturated rings. The van der Waals surface area contributed by atoms with Crippen LogP contribution in [-0.4, -0.2) is 24.5 Å². The van der Waals surface area contributed by atoms with Crippen molar-refractivity contribution < 1.29 is 9.59 Å². The van der Waals surface area contributed by atoms with Gasteiger partial charge in [0.1, 0.15) is 6.29 Å². The molecule has 0 aromatic heterocycles. The first-order chi connectivity index (χ1) is 8.11. The molecule has 0 aliphatic carbocycles. The first-order valence-corrected chi connectivity index (χ1v) is 6.27. The summed E-state index contributed by atoms with van der Waals surface area (Å²) in [5, 5.41) is 0. The zero-order chi connectivity index (χ0) is 12.4. The molecule has 0 spiro atoms. The summed E-state index contributed by atoms with van der Waals surface area (Å²) in [5.74, 6) is 0.509. The van der Waals surface area contributed by atoms with E-state index in [0.717, 1.165) is 22.4 Å². The van der Waals surface area contributed by atoms with Gasteiger partial charge >= 0.3 is 0 Å². The van der Waals surface area contributed by atoms with Crippen molar-refractivity contribution in [2.75, 3.05) is 17.2 Å². The summed E-state index contributed by atoms with van der Waals surface area (Å²) in [7, 11) is 0. The number of benzene rings is 1. The van der Waals surface area contributed by atoms with E-state index in [-0.39, 0.29) is 5.91 Å². The highest BCUT2D eigenvalue weighted by Crippen LogP contribution is 2.35. The number of nitrogens with zero attached hydrogens (tertiary/aromatic N) is 1. The molecule has 1 aromatic carbocycles. The molecular weight excluding hydrogens is 234 g/mol. The minimum absolute atomic E-state index is 0.0635. The molecule has 1 aliphatic heterocycles. The molecule has 0 N–H and O–H groups in total. The van der Waals surface area contributed by atoms with E-state index in [9.17, 15) is 9.59 Å². The highest BCUT2D eigenvalue weighted by molar-refractivity contribution is 8.00. The molecule has 3 nitrogen and oxygen atoms in total. The van der Waals surface area contributed by atoms with E-state index in [1.807, 2.05) is 13.0 Å². The summed E-state index contributed by atoms with van der Waals surface area (Å²) in [6, 6.07) is 5.42. The molecule has 17 heavy (non-hydrogen) atoms. The van der Waals surface area contributed by atoms with Crippen LogP contribution in [0.15, 0.2) is 35.2 Å². The number of anilines is 1. The van der Waals surface area contributed by atoms with Gasteiger partial charge in [-0.15, -0.1) is 11.8 Å². The lowest BCUT2D eigenvalue weighted by atomic mass is 10.2. The molecular formula is C13H13NO2S. The smallest absolute Gasteiger partial charge is 0.237 e. The molecule has 0 saturated heterocycles. The van der Waals surface area contributed by atoms with Crippen molar-refractivity contribution in [3.05, 3.63) is 35.9 Å². The average molecular weight is 247 g/mol. The Morgan fingerprint density at radius 2 is 2.35 bits per heavy atom. The number of thioether (sulfide) groups is 1. The van der Waals surface area contributed by atoms with Gasteiger partial charge in [-0.3, -0.25) is 9.59 Å². The SMILES string of the molecule is C=C(C)CN1C(=O)CSc2ccc(C=O)cc21. The Kier molecular flexibility index (Phi) is 3.33. The second kappa shape index (κ2) is 4.75. The molecule has 1 heterocycles. The Bertz CT molecular complexity index is 496. The van der Waals surface area contributed by atoms with E-state index >= 15 is 0 Å². The lowest BCUT2D eigenvalue weighted by Crippen LogP contribution is -2.36. The molecule has 0 unspecified atom stereocenters. The van der Waals surface area contributed by atoms with Crippen LogP contribution in [-0.2, 0) is 4.79 Å². The van der Waals surface area contributed by atoms with Crippen molar-refractivity contribution in [1.82, 2.24) is 0 Å². The number of amides is 1. The second-order valence-electron chi connectivity index (χ2n) is 4.07. The van der Waals surface area contributed by atoms with E-state index in [2.05, 4.69) is 6.58 Å².